The lowest BCUT2D eigenvalue weighted by atomic mass is 9.85. The van der Waals surface area contributed by atoms with Crippen molar-refractivity contribution in [2.24, 2.45) is 0 Å². The van der Waals surface area contributed by atoms with Gasteiger partial charge in [0, 0.05) is 16.7 Å². The summed E-state index contributed by atoms with van der Waals surface area (Å²) < 4.78 is 6.20. The minimum atomic E-state index is -0.421. The van der Waals surface area contributed by atoms with E-state index < -0.39 is 6.10 Å². The first-order chi connectivity index (χ1) is 12.4. The Bertz CT molecular complexity index is 987. The van der Waals surface area contributed by atoms with Crippen LogP contribution in [0.2, 0.25) is 0 Å². The van der Waals surface area contributed by atoms with Gasteiger partial charge in [-0.15, -0.1) is 6.42 Å². The van der Waals surface area contributed by atoms with Crippen LogP contribution >= 0.6 is 0 Å². The number of ether oxygens (including phenoxy) is 1. The van der Waals surface area contributed by atoms with Crippen LogP contribution in [0.15, 0.2) is 60.7 Å². The minimum Gasteiger partial charge on any atom is -0.508 e. The number of allylic oxidation sites excluding steroid dienone is 2. The molecule has 1 unspecified atom stereocenters. The Balaban J connectivity index is 2.28. The Labute approximate surface area is 153 Å². The number of fused-ring (bicyclic) bond motifs is 1. The van der Waals surface area contributed by atoms with E-state index in [1.807, 2.05) is 32.1 Å². The van der Waals surface area contributed by atoms with Gasteiger partial charge in [0.15, 0.2) is 0 Å². The van der Waals surface area contributed by atoms with Gasteiger partial charge in [0.05, 0.1) is 0 Å². The summed E-state index contributed by atoms with van der Waals surface area (Å²) >= 11 is 0. The van der Waals surface area contributed by atoms with Gasteiger partial charge >= 0.3 is 0 Å². The minimum absolute atomic E-state index is 0.0906. The fourth-order valence-corrected chi connectivity index (χ4v) is 3.22. The Morgan fingerprint density at radius 1 is 1.19 bits per heavy atom. The molecule has 130 valence electrons. The standard InChI is InChI=1S/C23H20O3/c1-5-7-14(3)23-22(17-10-16(6-2)11-19(25)12-17)15(4)20-13-18(24)8-9-21(20)26-23/h2,5,7-13,23-25H,3H2,1,4H3/b7-5-. The highest BCUT2D eigenvalue weighted by Gasteiger charge is 2.29. The van der Waals surface area contributed by atoms with Crippen LogP contribution in [-0.4, -0.2) is 16.3 Å². The van der Waals surface area contributed by atoms with E-state index in [1.165, 1.54) is 0 Å². The van der Waals surface area contributed by atoms with Crippen molar-refractivity contribution >= 4 is 11.1 Å². The molecule has 1 aliphatic rings. The SMILES string of the molecule is C#Cc1cc(O)cc(C2=C(C)c3cc(O)ccc3OC2C(=C)/C=C\C)c1. The highest BCUT2D eigenvalue weighted by Crippen LogP contribution is 2.44. The smallest absolute Gasteiger partial charge is 0.149 e. The number of terminal acetylenes is 1. The number of benzene rings is 2. The fraction of sp³-hybridized carbons (Fsp3) is 0.130. The highest BCUT2D eigenvalue weighted by atomic mass is 16.5. The first-order valence-electron chi connectivity index (χ1n) is 8.28. The topological polar surface area (TPSA) is 49.7 Å². The van der Waals surface area contributed by atoms with E-state index in [0.717, 1.165) is 27.8 Å². The van der Waals surface area contributed by atoms with Crippen LogP contribution in [0.3, 0.4) is 0 Å². The lowest BCUT2D eigenvalue weighted by Gasteiger charge is -2.31. The van der Waals surface area contributed by atoms with Gasteiger partial charge in [0.1, 0.15) is 23.4 Å². The van der Waals surface area contributed by atoms with Gasteiger partial charge in [-0.25, -0.2) is 0 Å². The molecule has 0 saturated heterocycles. The second-order valence-electron chi connectivity index (χ2n) is 6.20. The first-order valence-corrected chi connectivity index (χ1v) is 8.28. The zero-order chi connectivity index (χ0) is 18.8. The molecule has 1 aliphatic heterocycles. The summed E-state index contributed by atoms with van der Waals surface area (Å²) in [5.74, 6) is 3.49. The number of phenols is 2. The van der Waals surface area contributed by atoms with Crippen LogP contribution in [-0.2, 0) is 0 Å². The summed E-state index contributed by atoms with van der Waals surface area (Å²) in [7, 11) is 0. The second-order valence-corrected chi connectivity index (χ2v) is 6.20. The van der Waals surface area contributed by atoms with Crippen LogP contribution in [0.25, 0.3) is 11.1 Å². The van der Waals surface area contributed by atoms with Crippen LogP contribution in [0, 0.1) is 12.3 Å². The van der Waals surface area contributed by atoms with E-state index in [4.69, 9.17) is 11.2 Å². The van der Waals surface area contributed by atoms with E-state index in [2.05, 4.69) is 12.5 Å². The molecule has 1 atom stereocenters. The Hall–Kier alpha value is -3.38. The van der Waals surface area contributed by atoms with Crippen molar-refractivity contribution in [1.29, 1.82) is 0 Å². The van der Waals surface area contributed by atoms with Crippen LogP contribution in [0.5, 0.6) is 17.2 Å². The molecule has 0 amide bonds. The molecule has 3 rings (SSSR count). The summed E-state index contributed by atoms with van der Waals surface area (Å²) in [5, 5.41) is 19.9. The molecule has 0 spiro atoms. The van der Waals surface area contributed by atoms with Crippen molar-refractivity contribution in [3.8, 4) is 29.6 Å². The van der Waals surface area contributed by atoms with Crippen LogP contribution in [0.4, 0.5) is 0 Å². The van der Waals surface area contributed by atoms with Gasteiger partial charge in [-0.2, -0.15) is 0 Å². The first kappa shape index (κ1) is 17.4. The molecule has 2 aromatic carbocycles. The molecular formula is C23H20O3. The van der Waals surface area contributed by atoms with E-state index in [0.29, 0.717) is 11.3 Å². The molecule has 2 aromatic rings. The Kier molecular flexibility index (Phi) is 4.60. The van der Waals surface area contributed by atoms with Gasteiger partial charge in [0.25, 0.3) is 0 Å². The van der Waals surface area contributed by atoms with Gasteiger partial charge in [-0.3, -0.25) is 0 Å². The summed E-state index contributed by atoms with van der Waals surface area (Å²) in [5.41, 5.74) is 4.73. The molecule has 26 heavy (non-hydrogen) atoms. The zero-order valence-electron chi connectivity index (χ0n) is 14.8. The summed E-state index contributed by atoms with van der Waals surface area (Å²) in [4.78, 5) is 0. The van der Waals surface area contributed by atoms with Crippen molar-refractivity contribution in [3.05, 3.63) is 77.4 Å². The van der Waals surface area contributed by atoms with E-state index in [1.54, 1.807) is 30.3 Å². The zero-order valence-corrected chi connectivity index (χ0v) is 14.8. The highest BCUT2D eigenvalue weighted by molar-refractivity contribution is 5.97. The molecule has 0 aliphatic carbocycles. The predicted molar refractivity (Wildman–Crippen MR) is 105 cm³/mol. The molecule has 0 saturated carbocycles. The molecule has 0 bridgehead atoms. The number of rotatable bonds is 3. The molecule has 0 radical (unpaired) electrons. The summed E-state index contributed by atoms with van der Waals surface area (Å²) in [6, 6.07) is 10.1. The number of hydrogen-bond donors (Lipinski definition) is 2. The van der Waals surface area contributed by atoms with Gasteiger partial charge in [-0.05, 0) is 67.0 Å². The maximum absolute atomic E-state index is 10.1. The summed E-state index contributed by atoms with van der Waals surface area (Å²) in [6.45, 7) is 8.02. The van der Waals surface area contributed by atoms with Gasteiger partial charge in [0.2, 0.25) is 0 Å². The number of hydrogen-bond acceptors (Lipinski definition) is 3. The van der Waals surface area contributed by atoms with Crippen molar-refractivity contribution in [1.82, 2.24) is 0 Å². The molecule has 0 aromatic heterocycles. The third kappa shape index (κ3) is 3.10. The average Bonchev–Trinajstić information content (AvgIpc) is 2.61. The fourth-order valence-electron chi connectivity index (χ4n) is 3.22. The van der Waals surface area contributed by atoms with Crippen LogP contribution in [0.1, 0.15) is 30.5 Å². The largest absolute Gasteiger partial charge is 0.508 e. The maximum Gasteiger partial charge on any atom is 0.149 e. The monoisotopic (exact) mass is 344 g/mol. The van der Waals surface area contributed by atoms with Crippen molar-refractivity contribution in [3.63, 3.8) is 0 Å². The molecule has 2 N–H and O–H groups in total. The lowest BCUT2D eigenvalue weighted by molar-refractivity contribution is 0.291. The Morgan fingerprint density at radius 3 is 2.65 bits per heavy atom. The van der Waals surface area contributed by atoms with Crippen molar-refractivity contribution < 1.29 is 14.9 Å². The van der Waals surface area contributed by atoms with Crippen molar-refractivity contribution in [2.45, 2.75) is 20.0 Å². The lowest BCUT2D eigenvalue weighted by Crippen LogP contribution is -2.25. The van der Waals surface area contributed by atoms with Crippen LogP contribution < -0.4 is 4.74 Å². The molecule has 3 nitrogen and oxygen atoms in total. The van der Waals surface area contributed by atoms with Gasteiger partial charge < -0.3 is 14.9 Å². The van der Waals surface area contributed by atoms with Crippen molar-refractivity contribution in [2.75, 3.05) is 0 Å². The average molecular weight is 344 g/mol. The Morgan fingerprint density at radius 2 is 1.96 bits per heavy atom. The number of aromatic hydroxyl groups is 2. The maximum atomic E-state index is 10.1. The molecule has 1 heterocycles. The third-order valence-electron chi connectivity index (χ3n) is 4.39. The second kappa shape index (κ2) is 6.85. The van der Waals surface area contributed by atoms with Gasteiger partial charge in [-0.1, -0.05) is 24.7 Å². The van der Waals surface area contributed by atoms with E-state index in [-0.39, 0.29) is 11.5 Å². The molecule has 0 fully saturated rings. The normalized spacial score (nSPS) is 16.1. The third-order valence-corrected chi connectivity index (χ3v) is 4.39. The molecule has 3 heteroatoms. The molecular weight excluding hydrogens is 324 g/mol. The quantitative estimate of drug-likeness (QED) is 0.615. The van der Waals surface area contributed by atoms with E-state index in [9.17, 15) is 10.2 Å². The summed E-state index contributed by atoms with van der Waals surface area (Å²) in [6.07, 6.45) is 8.90. The number of phenolic OH excluding ortho intramolecular Hbond substituents is 2. The van der Waals surface area contributed by atoms with E-state index >= 15 is 0 Å². The predicted octanol–water partition coefficient (Wildman–Crippen LogP) is 4.90.